The summed E-state index contributed by atoms with van der Waals surface area (Å²) < 4.78 is 43.2. The van der Waals surface area contributed by atoms with Gasteiger partial charge in [0.25, 0.3) is 0 Å². The van der Waals surface area contributed by atoms with Gasteiger partial charge >= 0.3 is 12.3 Å². The van der Waals surface area contributed by atoms with Crippen molar-refractivity contribution in [2.45, 2.75) is 52.9 Å². The smallest absolute Gasteiger partial charge is 0.433 e. The molecular weight excluding hydrogens is 299 g/mol. The summed E-state index contributed by atoms with van der Waals surface area (Å²) in [4.78, 5) is 14.7. The lowest BCUT2D eigenvalue weighted by molar-refractivity contribution is -0.141. The lowest BCUT2D eigenvalue weighted by Crippen LogP contribution is -2.32. The van der Waals surface area contributed by atoms with Crippen LogP contribution in [0.1, 0.15) is 45.9 Å². The third-order valence-electron chi connectivity index (χ3n) is 2.09. The van der Waals surface area contributed by atoms with Crippen LogP contribution in [-0.2, 0) is 17.5 Å². The Hall–Kier alpha value is -1.99. The van der Waals surface area contributed by atoms with Crippen LogP contribution < -0.4 is 11.1 Å². The largest absolute Gasteiger partial charge is 0.444 e. The summed E-state index contributed by atoms with van der Waals surface area (Å²) in [6.45, 7) is 8.60. The number of alkyl carbamates (subject to hydrolysis) is 1. The number of carbonyl (C=O) groups excluding carboxylic acids is 1. The Morgan fingerprint density at radius 2 is 1.82 bits per heavy atom. The van der Waals surface area contributed by atoms with Gasteiger partial charge in [0.1, 0.15) is 11.4 Å². The molecule has 0 atom stereocenters. The number of pyridine rings is 1. The van der Waals surface area contributed by atoms with Crippen LogP contribution in [0.25, 0.3) is 0 Å². The summed E-state index contributed by atoms with van der Waals surface area (Å²) in [5, 5.41) is 2.25. The molecule has 0 aliphatic heterocycles. The summed E-state index contributed by atoms with van der Waals surface area (Å²) in [7, 11) is 0. The number of carbonyl (C=O) groups is 1. The number of amides is 1. The second kappa shape index (κ2) is 7.86. The average Bonchev–Trinajstić information content (AvgIpc) is 2.36. The zero-order chi connectivity index (χ0) is 17.6. The number of hydrogen-bond acceptors (Lipinski definition) is 4. The van der Waals surface area contributed by atoms with E-state index >= 15 is 0 Å². The van der Waals surface area contributed by atoms with E-state index < -0.39 is 23.6 Å². The van der Waals surface area contributed by atoms with E-state index in [-0.39, 0.29) is 17.9 Å². The van der Waals surface area contributed by atoms with Gasteiger partial charge in [-0.15, -0.1) is 0 Å². The molecule has 0 bridgehead atoms. The normalized spacial score (nSPS) is 11.3. The molecule has 8 heteroatoms. The van der Waals surface area contributed by atoms with Gasteiger partial charge in [-0.3, -0.25) is 0 Å². The van der Waals surface area contributed by atoms with Crippen LogP contribution in [0.2, 0.25) is 0 Å². The highest BCUT2D eigenvalue weighted by atomic mass is 19.4. The Balaban J connectivity index is 0.00000211. The minimum Gasteiger partial charge on any atom is -0.444 e. The molecule has 5 nitrogen and oxygen atoms in total. The number of nitrogen functional groups attached to an aromatic ring is 1. The van der Waals surface area contributed by atoms with E-state index in [9.17, 15) is 18.0 Å². The number of ether oxygens (including phenoxy) is 1. The number of anilines is 1. The van der Waals surface area contributed by atoms with Crippen LogP contribution in [0.5, 0.6) is 0 Å². The Labute approximate surface area is 128 Å². The van der Waals surface area contributed by atoms with Gasteiger partial charge in [0.15, 0.2) is 5.69 Å². The van der Waals surface area contributed by atoms with Crippen LogP contribution in [0.15, 0.2) is 12.1 Å². The van der Waals surface area contributed by atoms with E-state index in [1.807, 2.05) is 13.8 Å². The quantitative estimate of drug-likeness (QED) is 0.870. The highest BCUT2D eigenvalue weighted by Crippen LogP contribution is 2.31. The van der Waals surface area contributed by atoms with Crippen molar-refractivity contribution in [1.82, 2.24) is 10.3 Å². The van der Waals surface area contributed by atoms with E-state index in [4.69, 9.17) is 10.5 Å². The Bertz CT molecular complexity index is 497. The molecule has 3 N–H and O–H groups in total. The predicted octanol–water partition coefficient (Wildman–Crippen LogP) is 3.73. The van der Waals surface area contributed by atoms with Crippen LogP contribution in [-0.4, -0.2) is 16.7 Å². The fraction of sp³-hybridized carbons (Fsp3) is 0.571. The first-order chi connectivity index (χ1) is 9.99. The average molecular weight is 321 g/mol. The van der Waals surface area contributed by atoms with E-state index in [1.54, 1.807) is 20.8 Å². The molecule has 1 amide bonds. The first-order valence-electron chi connectivity index (χ1n) is 6.78. The van der Waals surface area contributed by atoms with E-state index in [2.05, 4.69) is 10.3 Å². The zero-order valence-corrected chi connectivity index (χ0v) is 13.3. The second-order valence-electron chi connectivity index (χ2n) is 5.10. The number of aromatic nitrogens is 1. The highest BCUT2D eigenvalue weighted by molar-refractivity contribution is 5.67. The molecular formula is C14H22F3N3O2. The predicted molar refractivity (Wildman–Crippen MR) is 78.1 cm³/mol. The summed E-state index contributed by atoms with van der Waals surface area (Å²) in [5.41, 5.74) is 3.21. The molecule has 1 heterocycles. The molecule has 0 saturated carbocycles. The van der Waals surface area contributed by atoms with Crippen molar-refractivity contribution >= 4 is 11.9 Å². The van der Waals surface area contributed by atoms with E-state index in [0.717, 1.165) is 0 Å². The van der Waals surface area contributed by atoms with Crippen molar-refractivity contribution in [3.05, 3.63) is 23.4 Å². The molecule has 0 radical (unpaired) electrons. The van der Waals surface area contributed by atoms with Gasteiger partial charge in [-0.25, -0.2) is 9.78 Å². The maximum Gasteiger partial charge on any atom is 0.433 e. The monoisotopic (exact) mass is 321 g/mol. The summed E-state index contributed by atoms with van der Waals surface area (Å²) >= 11 is 0. The maximum atomic E-state index is 12.8. The number of nitrogens with two attached hydrogens (primary N) is 1. The standard InChI is InChI=1S/C12H16F3N3O2.C2H6/c1-11(2,3)20-10(19)17-6-7-4-5-8(16)18-9(7)12(13,14)15;1-2/h4-5H,6H2,1-3H3,(H2,16,18)(H,17,19);1-2H3. The minimum absolute atomic E-state index is 0.183. The fourth-order valence-corrected chi connectivity index (χ4v) is 1.37. The molecule has 0 saturated heterocycles. The van der Waals surface area contributed by atoms with Crippen LogP contribution in [0.3, 0.4) is 0 Å². The third-order valence-corrected chi connectivity index (χ3v) is 2.09. The fourth-order valence-electron chi connectivity index (χ4n) is 1.37. The molecule has 0 aromatic carbocycles. The summed E-state index contributed by atoms with van der Waals surface area (Å²) in [5.74, 6) is -0.238. The highest BCUT2D eigenvalue weighted by Gasteiger charge is 2.35. The van der Waals surface area contributed by atoms with Gasteiger partial charge in [-0.2, -0.15) is 13.2 Å². The van der Waals surface area contributed by atoms with Crippen LogP contribution in [0.4, 0.5) is 23.8 Å². The lowest BCUT2D eigenvalue weighted by Gasteiger charge is -2.20. The van der Waals surface area contributed by atoms with Crippen molar-refractivity contribution in [3.8, 4) is 0 Å². The minimum atomic E-state index is -4.64. The molecule has 0 fully saturated rings. The number of halogens is 3. The molecule has 126 valence electrons. The topological polar surface area (TPSA) is 77.2 Å². The molecule has 0 aliphatic carbocycles. The Kier molecular flexibility index (Phi) is 7.15. The maximum absolute atomic E-state index is 12.8. The first kappa shape index (κ1) is 20.0. The van der Waals surface area contributed by atoms with Gasteiger partial charge in [0.05, 0.1) is 0 Å². The molecule has 1 aromatic heterocycles. The summed E-state index contributed by atoms with van der Waals surface area (Å²) in [6.07, 6.45) is -5.44. The van der Waals surface area contributed by atoms with E-state index in [0.29, 0.717) is 0 Å². The first-order valence-corrected chi connectivity index (χ1v) is 6.78. The van der Waals surface area contributed by atoms with Gasteiger partial charge in [0.2, 0.25) is 0 Å². The van der Waals surface area contributed by atoms with E-state index in [1.165, 1.54) is 12.1 Å². The lowest BCUT2D eigenvalue weighted by atomic mass is 10.2. The van der Waals surface area contributed by atoms with Crippen molar-refractivity contribution in [2.24, 2.45) is 0 Å². The SMILES string of the molecule is CC.CC(C)(C)OC(=O)NCc1ccc(N)nc1C(F)(F)F. The van der Waals surface area contributed by atoms with Crippen LogP contribution >= 0.6 is 0 Å². The number of nitrogens with zero attached hydrogens (tertiary/aromatic N) is 1. The molecule has 22 heavy (non-hydrogen) atoms. The Morgan fingerprint density at radius 1 is 1.27 bits per heavy atom. The molecule has 0 spiro atoms. The van der Waals surface area contributed by atoms with Gasteiger partial charge in [-0.05, 0) is 26.8 Å². The molecule has 0 aliphatic rings. The number of nitrogens with one attached hydrogen (secondary N) is 1. The molecule has 1 aromatic rings. The van der Waals surface area contributed by atoms with Crippen molar-refractivity contribution in [2.75, 3.05) is 5.73 Å². The van der Waals surface area contributed by atoms with Gasteiger partial charge in [-0.1, -0.05) is 19.9 Å². The van der Waals surface area contributed by atoms with Gasteiger partial charge in [0, 0.05) is 12.1 Å². The summed E-state index contributed by atoms with van der Waals surface area (Å²) in [6, 6.07) is 2.41. The number of alkyl halides is 3. The molecule has 1 rings (SSSR count). The van der Waals surface area contributed by atoms with Crippen molar-refractivity contribution in [1.29, 1.82) is 0 Å². The van der Waals surface area contributed by atoms with Crippen molar-refractivity contribution < 1.29 is 22.7 Å². The van der Waals surface area contributed by atoms with Crippen LogP contribution in [0, 0.1) is 0 Å². The zero-order valence-electron chi connectivity index (χ0n) is 13.3. The Morgan fingerprint density at radius 3 is 2.27 bits per heavy atom. The number of rotatable bonds is 2. The second-order valence-corrected chi connectivity index (χ2v) is 5.10. The van der Waals surface area contributed by atoms with Gasteiger partial charge < -0.3 is 15.8 Å². The number of hydrogen-bond donors (Lipinski definition) is 2. The van der Waals surface area contributed by atoms with Crippen molar-refractivity contribution in [3.63, 3.8) is 0 Å². The third kappa shape index (κ3) is 7.14. The molecule has 0 unspecified atom stereocenters.